The van der Waals surface area contributed by atoms with Crippen LogP contribution in [0.25, 0.3) is 11.1 Å². The van der Waals surface area contributed by atoms with Crippen LogP contribution in [0.4, 0.5) is 0 Å². The Morgan fingerprint density at radius 3 is 2.50 bits per heavy atom. The van der Waals surface area contributed by atoms with Crippen LogP contribution in [-0.2, 0) is 16.1 Å². The lowest BCUT2D eigenvalue weighted by molar-refractivity contribution is -0.133. The van der Waals surface area contributed by atoms with E-state index in [0.717, 1.165) is 34.4 Å². The summed E-state index contributed by atoms with van der Waals surface area (Å²) in [6, 6.07) is 24.4. The number of hydrogen-bond donors (Lipinski definition) is 2. The maximum Gasteiger partial charge on any atom is 0.241 e. The number of benzene rings is 3. The Hall–Kier alpha value is -4.15. The smallest absolute Gasteiger partial charge is 0.241 e. The molecule has 0 spiro atoms. The predicted molar refractivity (Wildman–Crippen MR) is 148 cm³/mol. The van der Waals surface area contributed by atoms with Gasteiger partial charge in [-0.2, -0.15) is 5.26 Å². The molecule has 0 saturated carbocycles. The minimum Gasteiger partial charge on any atom is -0.496 e. The number of nitrogens with one attached hydrogen (secondary N) is 2. The maximum absolute atomic E-state index is 12.7. The Labute approximate surface area is 224 Å². The van der Waals surface area contributed by atoms with Crippen molar-refractivity contribution >= 4 is 11.8 Å². The summed E-state index contributed by atoms with van der Waals surface area (Å²) in [6.07, 6.45) is 0.794. The number of ether oxygens (including phenoxy) is 1. The monoisotopic (exact) mass is 510 g/mol. The molecule has 0 radical (unpaired) electrons. The molecule has 1 heterocycles. The lowest BCUT2D eigenvalue weighted by atomic mass is 9.85. The maximum atomic E-state index is 12.7. The number of likely N-dealkylation sites (tertiary alicyclic amines) is 1. The van der Waals surface area contributed by atoms with Gasteiger partial charge in [0.1, 0.15) is 5.75 Å². The number of nitriles is 1. The van der Waals surface area contributed by atoms with E-state index in [1.165, 1.54) is 12.5 Å². The summed E-state index contributed by atoms with van der Waals surface area (Å²) in [6.45, 7) is 5.32. The summed E-state index contributed by atoms with van der Waals surface area (Å²) in [7, 11) is 1.69. The van der Waals surface area contributed by atoms with Crippen LogP contribution in [0.3, 0.4) is 0 Å². The molecule has 7 heteroatoms. The van der Waals surface area contributed by atoms with E-state index in [4.69, 9.17) is 10.00 Å². The third-order valence-corrected chi connectivity index (χ3v) is 7.19. The first-order valence-corrected chi connectivity index (χ1v) is 12.9. The topological polar surface area (TPSA) is 94.5 Å². The Morgan fingerprint density at radius 1 is 1.11 bits per heavy atom. The fourth-order valence-electron chi connectivity index (χ4n) is 5.10. The van der Waals surface area contributed by atoms with Crippen molar-refractivity contribution in [3.63, 3.8) is 0 Å². The largest absolute Gasteiger partial charge is 0.496 e. The third kappa shape index (κ3) is 6.39. The highest BCUT2D eigenvalue weighted by Gasteiger charge is 2.32. The molecule has 2 amide bonds. The number of carbonyl (C=O) groups is 2. The van der Waals surface area contributed by atoms with E-state index < -0.39 is 0 Å². The Kier molecular flexibility index (Phi) is 8.77. The van der Waals surface area contributed by atoms with Crippen molar-refractivity contribution < 1.29 is 14.3 Å². The summed E-state index contributed by atoms with van der Waals surface area (Å²) in [5, 5.41) is 15.5. The molecular formula is C31H34N4O3. The highest BCUT2D eigenvalue weighted by molar-refractivity contribution is 5.83. The quantitative estimate of drug-likeness (QED) is 0.475. The third-order valence-electron chi connectivity index (χ3n) is 7.19. The standard InChI is InChI=1S/C31H34N4O3/c1-21-15-30(38-3)26(16-27(21)25-11-9-23(17-32)10-12-25)18-34-29-13-14-35(31(37)19-33-22(2)36)20-28(29)24-7-5-4-6-8-24/h4-12,15-16,28-29,34H,13-14,18-20H2,1-3H3,(H,33,36)/t28-,29-/m0/s1. The molecule has 0 unspecified atom stereocenters. The van der Waals surface area contributed by atoms with Gasteiger partial charge in [0.15, 0.2) is 0 Å². The molecule has 1 fully saturated rings. The van der Waals surface area contributed by atoms with Gasteiger partial charge in [0.2, 0.25) is 11.8 Å². The molecule has 3 aromatic rings. The minimum absolute atomic E-state index is 0.0215. The second-order valence-electron chi connectivity index (χ2n) is 9.71. The first-order chi connectivity index (χ1) is 18.4. The number of methoxy groups -OCH3 is 1. The summed E-state index contributed by atoms with van der Waals surface area (Å²) in [5.41, 5.74) is 6.12. The zero-order chi connectivity index (χ0) is 27.1. The first kappa shape index (κ1) is 26.9. The van der Waals surface area contributed by atoms with Gasteiger partial charge >= 0.3 is 0 Å². The summed E-state index contributed by atoms with van der Waals surface area (Å²) in [5.74, 6) is 0.668. The minimum atomic E-state index is -0.207. The van der Waals surface area contributed by atoms with Gasteiger partial charge in [0.05, 0.1) is 25.3 Å². The normalized spacial score (nSPS) is 16.9. The van der Waals surface area contributed by atoms with Crippen LogP contribution in [0, 0.1) is 18.3 Å². The van der Waals surface area contributed by atoms with E-state index in [2.05, 4.69) is 47.9 Å². The molecule has 0 aliphatic carbocycles. The molecule has 2 N–H and O–H groups in total. The van der Waals surface area contributed by atoms with Crippen molar-refractivity contribution in [3.05, 3.63) is 89.0 Å². The molecule has 3 aromatic carbocycles. The molecule has 4 rings (SSSR count). The van der Waals surface area contributed by atoms with E-state index in [1.54, 1.807) is 7.11 Å². The van der Waals surface area contributed by atoms with Crippen LogP contribution >= 0.6 is 0 Å². The average molecular weight is 511 g/mol. The van der Waals surface area contributed by atoms with E-state index in [-0.39, 0.29) is 30.3 Å². The Morgan fingerprint density at radius 2 is 1.84 bits per heavy atom. The zero-order valence-corrected chi connectivity index (χ0v) is 22.2. The van der Waals surface area contributed by atoms with Gasteiger partial charge in [0.25, 0.3) is 0 Å². The molecule has 1 aliphatic heterocycles. The molecule has 2 atom stereocenters. The molecule has 196 valence electrons. The number of aryl methyl sites for hydroxylation is 1. The lowest BCUT2D eigenvalue weighted by Gasteiger charge is -2.39. The van der Waals surface area contributed by atoms with Gasteiger partial charge in [-0.05, 0) is 59.9 Å². The van der Waals surface area contributed by atoms with Gasteiger partial charge < -0.3 is 20.3 Å². The summed E-state index contributed by atoms with van der Waals surface area (Å²) >= 11 is 0. The SMILES string of the molecule is COc1cc(C)c(-c2ccc(C#N)cc2)cc1CN[C@H]1CCN(C(=O)CNC(C)=O)C[C@H]1c1ccccc1. The number of amides is 2. The van der Waals surface area contributed by atoms with Crippen molar-refractivity contribution in [2.45, 2.75) is 38.8 Å². The summed E-state index contributed by atoms with van der Waals surface area (Å²) < 4.78 is 5.73. The van der Waals surface area contributed by atoms with E-state index >= 15 is 0 Å². The highest BCUT2D eigenvalue weighted by atomic mass is 16.5. The van der Waals surface area contributed by atoms with Gasteiger partial charge in [-0.25, -0.2) is 0 Å². The van der Waals surface area contributed by atoms with Gasteiger partial charge in [-0.1, -0.05) is 42.5 Å². The number of piperidine rings is 1. The molecule has 0 aromatic heterocycles. The molecule has 7 nitrogen and oxygen atoms in total. The second-order valence-corrected chi connectivity index (χ2v) is 9.71. The van der Waals surface area contributed by atoms with Gasteiger partial charge in [-0.15, -0.1) is 0 Å². The van der Waals surface area contributed by atoms with Crippen LogP contribution in [0.5, 0.6) is 5.75 Å². The zero-order valence-electron chi connectivity index (χ0n) is 22.2. The Bertz CT molecular complexity index is 1320. The van der Waals surface area contributed by atoms with Gasteiger partial charge in [-0.3, -0.25) is 9.59 Å². The van der Waals surface area contributed by atoms with Crippen molar-refractivity contribution in [1.82, 2.24) is 15.5 Å². The average Bonchev–Trinajstić information content (AvgIpc) is 2.95. The molecule has 1 saturated heterocycles. The van der Waals surface area contributed by atoms with Crippen LogP contribution in [0.2, 0.25) is 0 Å². The molecule has 38 heavy (non-hydrogen) atoms. The number of nitrogens with zero attached hydrogens (tertiary/aromatic N) is 2. The first-order valence-electron chi connectivity index (χ1n) is 12.9. The summed E-state index contributed by atoms with van der Waals surface area (Å²) in [4.78, 5) is 25.9. The van der Waals surface area contributed by atoms with Crippen molar-refractivity contribution in [2.24, 2.45) is 0 Å². The fraction of sp³-hybridized carbons (Fsp3) is 0.323. The van der Waals surface area contributed by atoms with Crippen LogP contribution in [0.15, 0.2) is 66.7 Å². The lowest BCUT2D eigenvalue weighted by Crippen LogP contribution is -2.51. The number of hydrogen-bond acceptors (Lipinski definition) is 5. The van der Waals surface area contributed by atoms with E-state index in [9.17, 15) is 9.59 Å². The number of carbonyl (C=O) groups excluding carboxylic acids is 2. The van der Waals surface area contributed by atoms with Crippen LogP contribution in [0.1, 0.15) is 41.5 Å². The second kappa shape index (κ2) is 12.4. The van der Waals surface area contributed by atoms with Crippen LogP contribution < -0.4 is 15.4 Å². The molecular weight excluding hydrogens is 476 g/mol. The molecule has 0 bridgehead atoms. The van der Waals surface area contributed by atoms with Crippen molar-refractivity contribution in [2.75, 3.05) is 26.7 Å². The number of rotatable bonds is 8. The van der Waals surface area contributed by atoms with Crippen LogP contribution in [-0.4, -0.2) is 49.5 Å². The van der Waals surface area contributed by atoms with Crippen molar-refractivity contribution in [1.29, 1.82) is 5.26 Å². The predicted octanol–water partition coefficient (Wildman–Crippen LogP) is 4.15. The fourth-order valence-corrected chi connectivity index (χ4v) is 5.10. The van der Waals surface area contributed by atoms with E-state index in [0.29, 0.717) is 25.2 Å². The van der Waals surface area contributed by atoms with E-state index in [1.807, 2.05) is 47.4 Å². The van der Waals surface area contributed by atoms with Gasteiger partial charge in [0, 0.05) is 44.1 Å². The van der Waals surface area contributed by atoms with Crippen molar-refractivity contribution in [3.8, 4) is 22.9 Å². The highest BCUT2D eigenvalue weighted by Crippen LogP contribution is 2.32. The molecule has 1 aliphatic rings. The Balaban J connectivity index is 1.54.